The molecule has 0 bridgehead atoms. The Morgan fingerprint density at radius 2 is 1.88 bits per heavy atom. The Morgan fingerprint density at radius 3 is 2.64 bits per heavy atom. The first-order chi connectivity index (χ1) is 12.2. The number of rotatable bonds is 4. The van der Waals surface area contributed by atoms with Crippen LogP contribution >= 0.6 is 0 Å². The van der Waals surface area contributed by atoms with E-state index in [0.717, 1.165) is 24.5 Å². The summed E-state index contributed by atoms with van der Waals surface area (Å²) in [4.78, 5) is 4.34. The Hall–Kier alpha value is -2.82. The minimum absolute atomic E-state index is 0.359. The number of anilines is 1. The number of hydrogen-bond donors (Lipinski definition) is 1. The van der Waals surface area contributed by atoms with E-state index < -0.39 is 0 Å². The normalized spacial score (nSPS) is 19.4. The molecule has 0 amide bonds. The van der Waals surface area contributed by atoms with Gasteiger partial charge in [-0.25, -0.2) is 4.68 Å². The Kier molecular flexibility index (Phi) is 4.14. The molecule has 1 aromatic heterocycles. The van der Waals surface area contributed by atoms with E-state index >= 15 is 0 Å². The Labute approximate surface area is 147 Å². The second kappa shape index (κ2) is 6.59. The highest BCUT2D eigenvalue weighted by Gasteiger charge is 2.27. The molecular weight excluding hydrogens is 312 g/mol. The number of nitrogens with zero attached hydrogens (tertiary/aromatic N) is 3. The zero-order valence-electron chi connectivity index (χ0n) is 14.3. The summed E-state index contributed by atoms with van der Waals surface area (Å²) in [5.41, 5.74) is 8.22. The lowest BCUT2D eigenvalue weighted by Crippen LogP contribution is -2.22. The van der Waals surface area contributed by atoms with Gasteiger partial charge in [0, 0.05) is 18.4 Å². The fourth-order valence-electron chi connectivity index (χ4n) is 3.51. The van der Waals surface area contributed by atoms with Gasteiger partial charge in [0.05, 0.1) is 0 Å². The van der Waals surface area contributed by atoms with Crippen LogP contribution in [0.25, 0.3) is 0 Å². The van der Waals surface area contributed by atoms with E-state index in [-0.39, 0.29) is 0 Å². The summed E-state index contributed by atoms with van der Waals surface area (Å²) < 4.78 is 7.82. The lowest BCUT2D eigenvalue weighted by atomic mass is 9.86. The molecule has 0 fully saturated rings. The molecule has 0 saturated carbocycles. The molecule has 4 rings (SSSR count). The van der Waals surface area contributed by atoms with Crippen LogP contribution in [0.3, 0.4) is 0 Å². The van der Waals surface area contributed by atoms with Crippen LogP contribution in [0.5, 0.6) is 5.75 Å². The SMILES string of the molecule is CC1CC(c2ccc(OCc3ccccc3)cc2)Cn2nc(N)nc21. The summed E-state index contributed by atoms with van der Waals surface area (Å²) >= 11 is 0. The van der Waals surface area contributed by atoms with Crippen LogP contribution in [0.2, 0.25) is 0 Å². The van der Waals surface area contributed by atoms with Crippen molar-refractivity contribution in [3.8, 4) is 5.75 Å². The third kappa shape index (κ3) is 3.36. The molecule has 2 atom stereocenters. The van der Waals surface area contributed by atoms with Gasteiger partial charge in [0.1, 0.15) is 18.2 Å². The number of ether oxygens (including phenoxy) is 1. The van der Waals surface area contributed by atoms with Gasteiger partial charge in [-0.2, -0.15) is 4.98 Å². The first-order valence-electron chi connectivity index (χ1n) is 8.66. The average Bonchev–Trinajstić information content (AvgIpc) is 3.02. The van der Waals surface area contributed by atoms with E-state index in [2.05, 4.69) is 41.3 Å². The minimum Gasteiger partial charge on any atom is -0.489 e. The van der Waals surface area contributed by atoms with E-state index in [0.29, 0.717) is 24.4 Å². The molecule has 2 aromatic carbocycles. The van der Waals surface area contributed by atoms with Crippen molar-refractivity contribution in [1.82, 2.24) is 14.8 Å². The van der Waals surface area contributed by atoms with Crippen molar-refractivity contribution in [2.75, 3.05) is 5.73 Å². The fourth-order valence-corrected chi connectivity index (χ4v) is 3.51. The maximum absolute atomic E-state index is 5.87. The van der Waals surface area contributed by atoms with Crippen LogP contribution in [0.15, 0.2) is 54.6 Å². The second-order valence-corrected chi connectivity index (χ2v) is 6.69. The van der Waals surface area contributed by atoms with Gasteiger partial charge in [0.2, 0.25) is 5.95 Å². The van der Waals surface area contributed by atoms with E-state index in [4.69, 9.17) is 10.5 Å². The summed E-state index contributed by atoms with van der Waals surface area (Å²) in [5.74, 6) is 3.04. The summed E-state index contributed by atoms with van der Waals surface area (Å²) in [6.45, 7) is 3.60. The molecule has 2 N–H and O–H groups in total. The molecule has 0 radical (unpaired) electrons. The number of benzene rings is 2. The quantitative estimate of drug-likeness (QED) is 0.789. The van der Waals surface area contributed by atoms with Gasteiger partial charge in [-0.1, -0.05) is 49.4 Å². The summed E-state index contributed by atoms with van der Waals surface area (Å²) in [5, 5.41) is 4.32. The van der Waals surface area contributed by atoms with Crippen molar-refractivity contribution in [2.24, 2.45) is 0 Å². The van der Waals surface area contributed by atoms with E-state index in [1.54, 1.807) is 0 Å². The molecule has 1 aliphatic rings. The number of nitrogen functional groups attached to an aromatic ring is 1. The van der Waals surface area contributed by atoms with Crippen LogP contribution in [0, 0.1) is 0 Å². The van der Waals surface area contributed by atoms with Gasteiger partial charge in [0.25, 0.3) is 0 Å². The number of hydrogen-bond acceptors (Lipinski definition) is 4. The fraction of sp³-hybridized carbons (Fsp3) is 0.300. The van der Waals surface area contributed by atoms with Crippen LogP contribution in [0.4, 0.5) is 5.95 Å². The molecule has 5 nitrogen and oxygen atoms in total. The average molecular weight is 334 g/mol. The molecule has 128 valence electrons. The molecule has 0 spiro atoms. The van der Waals surface area contributed by atoms with Crippen molar-refractivity contribution in [3.63, 3.8) is 0 Å². The molecule has 0 saturated heterocycles. The lowest BCUT2D eigenvalue weighted by molar-refractivity contribution is 0.306. The molecule has 2 heterocycles. The highest BCUT2D eigenvalue weighted by molar-refractivity contribution is 5.31. The van der Waals surface area contributed by atoms with Crippen molar-refractivity contribution in [2.45, 2.75) is 38.3 Å². The predicted molar refractivity (Wildman–Crippen MR) is 97.4 cm³/mol. The summed E-state index contributed by atoms with van der Waals surface area (Å²) in [7, 11) is 0. The molecule has 0 aliphatic carbocycles. The Balaban J connectivity index is 1.44. The Bertz CT molecular complexity index is 842. The highest BCUT2D eigenvalue weighted by atomic mass is 16.5. The van der Waals surface area contributed by atoms with Crippen molar-refractivity contribution in [1.29, 1.82) is 0 Å². The molecule has 3 aromatic rings. The first-order valence-corrected chi connectivity index (χ1v) is 8.66. The molecule has 25 heavy (non-hydrogen) atoms. The van der Waals surface area contributed by atoms with E-state index in [1.165, 1.54) is 11.1 Å². The van der Waals surface area contributed by atoms with Crippen LogP contribution in [-0.4, -0.2) is 14.8 Å². The number of aromatic nitrogens is 3. The second-order valence-electron chi connectivity index (χ2n) is 6.69. The third-order valence-corrected chi connectivity index (χ3v) is 4.79. The topological polar surface area (TPSA) is 66.0 Å². The molecule has 2 unspecified atom stereocenters. The van der Waals surface area contributed by atoms with E-state index in [9.17, 15) is 0 Å². The van der Waals surface area contributed by atoms with Crippen LogP contribution < -0.4 is 10.5 Å². The Morgan fingerprint density at radius 1 is 1.12 bits per heavy atom. The largest absolute Gasteiger partial charge is 0.489 e. The van der Waals surface area contributed by atoms with Crippen molar-refractivity contribution >= 4 is 5.95 Å². The predicted octanol–water partition coefficient (Wildman–Crippen LogP) is 3.73. The molecule has 5 heteroatoms. The van der Waals surface area contributed by atoms with Gasteiger partial charge in [0.15, 0.2) is 0 Å². The summed E-state index contributed by atoms with van der Waals surface area (Å²) in [6, 6.07) is 18.6. The van der Waals surface area contributed by atoms with Crippen LogP contribution in [0.1, 0.15) is 42.1 Å². The first kappa shape index (κ1) is 15.7. The highest BCUT2D eigenvalue weighted by Crippen LogP contribution is 2.35. The van der Waals surface area contributed by atoms with Crippen LogP contribution in [-0.2, 0) is 13.2 Å². The maximum Gasteiger partial charge on any atom is 0.239 e. The summed E-state index contributed by atoms with van der Waals surface area (Å²) in [6.07, 6.45) is 1.06. The van der Waals surface area contributed by atoms with Gasteiger partial charge in [-0.3, -0.25) is 0 Å². The molecular formula is C20H22N4O. The zero-order valence-corrected chi connectivity index (χ0v) is 14.3. The van der Waals surface area contributed by atoms with Gasteiger partial charge >= 0.3 is 0 Å². The number of fused-ring (bicyclic) bond motifs is 1. The molecule has 1 aliphatic heterocycles. The van der Waals surface area contributed by atoms with Crippen molar-refractivity contribution in [3.05, 3.63) is 71.5 Å². The van der Waals surface area contributed by atoms with Gasteiger partial charge in [-0.05, 0) is 29.7 Å². The number of nitrogens with two attached hydrogens (primary N) is 1. The van der Waals surface area contributed by atoms with Crippen molar-refractivity contribution < 1.29 is 4.74 Å². The standard InChI is InChI=1S/C20H22N4O/c1-14-11-17(12-24-19(14)22-20(21)23-24)16-7-9-18(10-8-16)25-13-15-5-3-2-4-6-15/h2-10,14,17H,11-13H2,1H3,(H2,21,23). The van der Waals surface area contributed by atoms with E-state index in [1.807, 2.05) is 35.0 Å². The smallest absolute Gasteiger partial charge is 0.239 e. The third-order valence-electron chi connectivity index (χ3n) is 4.79. The maximum atomic E-state index is 5.87. The monoisotopic (exact) mass is 334 g/mol. The van der Waals surface area contributed by atoms with Gasteiger partial charge < -0.3 is 10.5 Å². The lowest BCUT2D eigenvalue weighted by Gasteiger charge is -2.27. The zero-order chi connectivity index (χ0) is 17.2. The van der Waals surface area contributed by atoms with Gasteiger partial charge in [-0.15, -0.1) is 5.10 Å². The minimum atomic E-state index is 0.359.